The molecule has 0 saturated heterocycles. The van der Waals surface area contributed by atoms with Crippen LogP contribution in [-0.4, -0.2) is 10.8 Å². The van der Waals surface area contributed by atoms with Gasteiger partial charge < -0.3 is 4.98 Å². The number of aromatic amines is 1. The molecule has 0 fully saturated rings. The number of fused-ring (bicyclic) bond motifs is 1. The smallest absolute Gasteiger partial charge is 0.276 e. The fraction of sp³-hybridized carbons (Fsp3) is 0.400. The Morgan fingerprint density at radius 3 is 3.07 bits per heavy atom. The van der Waals surface area contributed by atoms with Crippen LogP contribution in [0.15, 0.2) is 22.1 Å². The highest BCUT2D eigenvalue weighted by Gasteiger charge is 2.17. The third-order valence-electron chi connectivity index (χ3n) is 2.16. The number of H-pyrrole nitrogens is 1. The van der Waals surface area contributed by atoms with Gasteiger partial charge in [0.2, 0.25) is 0 Å². The summed E-state index contributed by atoms with van der Waals surface area (Å²) in [7, 11) is 0. The van der Waals surface area contributed by atoms with Crippen molar-refractivity contribution in [3.05, 3.63) is 22.6 Å². The van der Waals surface area contributed by atoms with Crippen LogP contribution in [0, 0.1) is 0 Å². The van der Waals surface area contributed by atoms with E-state index in [9.17, 15) is 4.79 Å². The number of hydrogen-bond acceptors (Lipinski definition) is 2. The van der Waals surface area contributed by atoms with Crippen molar-refractivity contribution < 1.29 is 0 Å². The van der Waals surface area contributed by atoms with Crippen LogP contribution in [0.5, 0.6) is 0 Å². The number of rotatable bonds is 3. The van der Waals surface area contributed by atoms with Crippen molar-refractivity contribution in [1.82, 2.24) is 10.3 Å². The zero-order valence-electron chi connectivity index (χ0n) is 8.08. The number of nitrogens with zero attached hydrogens (tertiary/aromatic N) is 2. The molecule has 0 atom stereocenters. The predicted octanol–water partition coefficient (Wildman–Crippen LogP) is 1.84. The van der Waals surface area contributed by atoms with Crippen LogP contribution < -0.4 is 10.9 Å². The van der Waals surface area contributed by atoms with Crippen molar-refractivity contribution in [1.29, 1.82) is 0 Å². The minimum atomic E-state index is -0.155. The summed E-state index contributed by atoms with van der Waals surface area (Å²) in [6.07, 6.45) is 4.63. The quantitative estimate of drug-likeness (QED) is 0.776. The molecule has 1 N–H and O–H groups in total. The largest absolute Gasteiger partial charge is 0.327 e. The molecule has 2 rings (SSSR count). The van der Waals surface area contributed by atoms with Gasteiger partial charge >= 0.3 is 0 Å². The Morgan fingerprint density at radius 2 is 2.36 bits per heavy atom. The van der Waals surface area contributed by atoms with Gasteiger partial charge in [0.1, 0.15) is 5.84 Å². The molecule has 0 saturated carbocycles. The van der Waals surface area contributed by atoms with Crippen molar-refractivity contribution in [3.63, 3.8) is 0 Å². The molecule has 4 nitrogen and oxygen atoms in total. The average Bonchev–Trinajstić information content (AvgIpc) is 2.59. The molecule has 2 heterocycles. The first-order valence-electron chi connectivity index (χ1n) is 4.82. The van der Waals surface area contributed by atoms with Gasteiger partial charge in [-0.25, -0.2) is 10.3 Å². The number of aromatic nitrogens is 1. The Balaban J connectivity index is 2.19. The Kier molecular flexibility index (Phi) is 2.35. The molecule has 1 aliphatic rings. The van der Waals surface area contributed by atoms with E-state index in [0.717, 1.165) is 25.1 Å². The number of nitrogens with one attached hydrogen (secondary N) is 1. The van der Waals surface area contributed by atoms with Gasteiger partial charge in [-0.15, -0.1) is 0 Å². The lowest BCUT2D eigenvalue weighted by molar-refractivity contribution is 0.825. The van der Waals surface area contributed by atoms with E-state index in [0.29, 0.717) is 11.4 Å². The molecule has 1 radical (unpaired) electrons. The number of unbranched alkanes of at least 4 members (excludes halogenated alkanes) is 1. The Hall–Kier alpha value is -1.58. The maximum absolute atomic E-state index is 11.3. The van der Waals surface area contributed by atoms with Crippen molar-refractivity contribution in [2.75, 3.05) is 0 Å². The third-order valence-corrected chi connectivity index (χ3v) is 2.16. The summed E-state index contributed by atoms with van der Waals surface area (Å²) in [6, 6.07) is 1.78. The molecule has 14 heavy (non-hydrogen) atoms. The van der Waals surface area contributed by atoms with Crippen LogP contribution in [0.4, 0.5) is 11.4 Å². The van der Waals surface area contributed by atoms with E-state index in [-0.39, 0.29) is 5.56 Å². The first-order valence-corrected chi connectivity index (χ1v) is 4.82. The molecule has 0 aliphatic carbocycles. The van der Waals surface area contributed by atoms with Gasteiger partial charge in [0.05, 0.1) is 5.69 Å². The van der Waals surface area contributed by atoms with Crippen molar-refractivity contribution in [2.45, 2.75) is 26.2 Å². The Morgan fingerprint density at radius 1 is 1.50 bits per heavy atom. The number of amidine groups is 1. The molecule has 1 aromatic rings. The summed E-state index contributed by atoms with van der Waals surface area (Å²) >= 11 is 0. The SMILES string of the molecule is CCCCC1=Nc2cc[nH]c(=O)c2[N]1. The topological polar surface area (TPSA) is 59.3 Å². The van der Waals surface area contributed by atoms with Crippen molar-refractivity contribution in [3.8, 4) is 0 Å². The van der Waals surface area contributed by atoms with E-state index < -0.39 is 0 Å². The lowest BCUT2D eigenvalue weighted by atomic mass is 10.2. The Labute approximate surface area is 82.1 Å². The lowest BCUT2D eigenvalue weighted by Crippen LogP contribution is -2.13. The summed E-state index contributed by atoms with van der Waals surface area (Å²) in [5, 5.41) is 4.19. The van der Waals surface area contributed by atoms with Gasteiger partial charge in [0, 0.05) is 12.6 Å². The summed E-state index contributed by atoms with van der Waals surface area (Å²) in [5.41, 5.74) is 0.996. The second-order valence-electron chi connectivity index (χ2n) is 3.28. The summed E-state index contributed by atoms with van der Waals surface area (Å²) in [6.45, 7) is 2.12. The van der Waals surface area contributed by atoms with Gasteiger partial charge in [-0.05, 0) is 12.5 Å². The molecule has 0 aromatic carbocycles. The van der Waals surface area contributed by atoms with E-state index in [4.69, 9.17) is 0 Å². The van der Waals surface area contributed by atoms with E-state index >= 15 is 0 Å². The van der Waals surface area contributed by atoms with Gasteiger partial charge in [-0.2, -0.15) is 0 Å². The first kappa shape index (κ1) is 8.99. The molecule has 4 heteroatoms. The number of hydrogen-bond donors (Lipinski definition) is 1. The maximum Gasteiger partial charge on any atom is 0.276 e. The zero-order chi connectivity index (χ0) is 9.97. The van der Waals surface area contributed by atoms with E-state index in [1.807, 2.05) is 0 Å². The molecule has 1 aromatic heterocycles. The van der Waals surface area contributed by atoms with Gasteiger partial charge in [0.25, 0.3) is 5.56 Å². The van der Waals surface area contributed by atoms with Crippen molar-refractivity contribution in [2.24, 2.45) is 4.99 Å². The molecular weight excluding hydrogens is 178 g/mol. The summed E-state index contributed by atoms with van der Waals surface area (Å²) < 4.78 is 0. The van der Waals surface area contributed by atoms with Gasteiger partial charge in [-0.1, -0.05) is 13.3 Å². The lowest BCUT2D eigenvalue weighted by Gasteiger charge is -1.96. The van der Waals surface area contributed by atoms with Gasteiger partial charge in [0.15, 0.2) is 5.69 Å². The normalized spacial score (nSPS) is 13.4. The van der Waals surface area contributed by atoms with Crippen LogP contribution in [0.2, 0.25) is 0 Å². The average molecular weight is 190 g/mol. The number of pyridine rings is 1. The molecule has 0 unspecified atom stereocenters. The molecule has 0 amide bonds. The molecule has 73 valence electrons. The minimum Gasteiger partial charge on any atom is -0.327 e. The van der Waals surface area contributed by atoms with Gasteiger partial charge in [-0.3, -0.25) is 4.79 Å². The fourth-order valence-corrected chi connectivity index (χ4v) is 1.40. The highest BCUT2D eigenvalue weighted by Crippen LogP contribution is 2.26. The maximum atomic E-state index is 11.3. The van der Waals surface area contributed by atoms with E-state index in [1.54, 1.807) is 12.3 Å². The second kappa shape index (κ2) is 3.65. The first-order chi connectivity index (χ1) is 6.81. The van der Waals surface area contributed by atoms with Crippen LogP contribution in [0.3, 0.4) is 0 Å². The van der Waals surface area contributed by atoms with Crippen LogP contribution >= 0.6 is 0 Å². The van der Waals surface area contributed by atoms with E-state index in [1.165, 1.54) is 0 Å². The minimum absolute atomic E-state index is 0.155. The molecule has 0 bridgehead atoms. The monoisotopic (exact) mass is 190 g/mol. The second-order valence-corrected chi connectivity index (χ2v) is 3.28. The predicted molar refractivity (Wildman–Crippen MR) is 55.5 cm³/mol. The summed E-state index contributed by atoms with van der Waals surface area (Å²) in [4.78, 5) is 18.2. The molecular formula is C10H12N3O. The van der Waals surface area contributed by atoms with Crippen LogP contribution in [0.25, 0.3) is 0 Å². The third kappa shape index (κ3) is 1.55. The fourth-order valence-electron chi connectivity index (χ4n) is 1.40. The van der Waals surface area contributed by atoms with Crippen LogP contribution in [-0.2, 0) is 0 Å². The molecule has 1 aliphatic heterocycles. The van der Waals surface area contributed by atoms with E-state index in [2.05, 4.69) is 22.2 Å². The molecule has 0 spiro atoms. The Bertz CT molecular complexity index is 420. The van der Waals surface area contributed by atoms with Crippen LogP contribution in [0.1, 0.15) is 26.2 Å². The van der Waals surface area contributed by atoms with Crippen molar-refractivity contribution >= 4 is 17.2 Å². The highest BCUT2D eigenvalue weighted by molar-refractivity contribution is 5.95. The number of aliphatic imine (C=N–C) groups is 1. The summed E-state index contributed by atoms with van der Waals surface area (Å²) in [5.74, 6) is 0.776. The standard InChI is InChI=1S/C10H12N3O/c1-2-3-4-8-12-7-5-6-11-10(14)9(7)13-8/h5-6H,2-4H2,1H3,(H,11,14). The highest BCUT2D eigenvalue weighted by atomic mass is 16.1. The zero-order valence-corrected chi connectivity index (χ0v) is 8.08.